The normalized spacial score (nSPS) is 10.3. The van der Waals surface area contributed by atoms with Crippen LogP contribution in [0.15, 0.2) is 28.9 Å². The van der Waals surface area contributed by atoms with Gasteiger partial charge in [0.1, 0.15) is 22.3 Å². The van der Waals surface area contributed by atoms with Crippen molar-refractivity contribution in [2.75, 3.05) is 5.32 Å². The van der Waals surface area contributed by atoms with Gasteiger partial charge in [0.25, 0.3) is 0 Å². The van der Waals surface area contributed by atoms with Crippen molar-refractivity contribution in [3.05, 3.63) is 46.2 Å². The average Bonchev–Trinajstić information content (AvgIpc) is 2.36. The van der Waals surface area contributed by atoms with Gasteiger partial charge in [-0.25, -0.2) is 18.7 Å². The monoisotopic (exact) mass is 344 g/mol. The number of nitrogens with zero attached hydrogens (tertiary/aromatic N) is 2. The number of benzene rings is 1. The van der Waals surface area contributed by atoms with Crippen molar-refractivity contribution < 1.29 is 8.78 Å². The Bertz CT molecular complexity index is 651. The smallest absolute Gasteiger partial charge is 0.227 e. The second kappa shape index (κ2) is 5.54. The predicted molar refractivity (Wildman–Crippen MR) is 75.3 cm³/mol. The molecule has 0 spiro atoms. The Hall–Kier alpha value is -1.67. The molecule has 0 fully saturated rings. The number of hydrogen-bond acceptors (Lipinski definition) is 4. The maximum absolute atomic E-state index is 13.6. The van der Waals surface area contributed by atoms with Gasteiger partial charge in [0.05, 0.1) is 10.2 Å². The van der Waals surface area contributed by atoms with E-state index in [-0.39, 0.29) is 21.1 Å². The van der Waals surface area contributed by atoms with E-state index in [1.54, 1.807) is 0 Å². The highest BCUT2D eigenvalue weighted by molar-refractivity contribution is 9.10. The van der Waals surface area contributed by atoms with E-state index in [1.807, 2.05) is 0 Å². The second-order valence-electron chi connectivity index (χ2n) is 3.50. The third-order valence-electron chi connectivity index (χ3n) is 2.16. The van der Waals surface area contributed by atoms with E-state index in [1.165, 1.54) is 12.3 Å². The first-order chi connectivity index (χ1) is 8.97. The van der Waals surface area contributed by atoms with Crippen LogP contribution >= 0.6 is 28.1 Å². The van der Waals surface area contributed by atoms with Crippen LogP contribution in [0.1, 0.15) is 5.69 Å². The van der Waals surface area contributed by atoms with E-state index < -0.39 is 11.6 Å². The molecular formula is C11H7BrF2N4S. The van der Waals surface area contributed by atoms with Gasteiger partial charge in [-0.15, -0.1) is 0 Å². The lowest BCUT2D eigenvalue weighted by Gasteiger charge is -2.07. The molecule has 0 aliphatic rings. The summed E-state index contributed by atoms with van der Waals surface area (Å²) in [7, 11) is 0. The summed E-state index contributed by atoms with van der Waals surface area (Å²) in [6.45, 7) is 0. The number of nitrogens with two attached hydrogens (primary N) is 1. The van der Waals surface area contributed by atoms with Crippen molar-refractivity contribution in [3.8, 4) is 0 Å². The number of rotatable bonds is 3. The zero-order valence-electron chi connectivity index (χ0n) is 9.32. The molecule has 19 heavy (non-hydrogen) atoms. The molecule has 0 unspecified atom stereocenters. The van der Waals surface area contributed by atoms with Crippen molar-refractivity contribution in [2.24, 2.45) is 5.73 Å². The average molecular weight is 345 g/mol. The lowest BCUT2D eigenvalue weighted by molar-refractivity contribution is 0.597. The van der Waals surface area contributed by atoms with Gasteiger partial charge in [-0.1, -0.05) is 12.2 Å². The minimum absolute atomic E-state index is 0.0355. The fraction of sp³-hybridized carbons (Fsp3) is 0. The van der Waals surface area contributed by atoms with Crippen molar-refractivity contribution in [1.29, 1.82) is 0 Å². The summed E-state index contributed by atoms with van der Waals surface area (Å²) in [6, 6.07) is 3.53. The standard InChI is InChI=1S/C11H7BrF2N4S/c12-5-3-7(14)9(4-6(5)13)18-11-16-2-1-8(17-11)10(15)19/h1-4H,(H2,15,19)(H,16,17,18). The third-order valence-corrected chi connectivity index (χ3v) is 2.98. The number of aromatic nitrogens is 2. The summed E-state index contributed by atoms with van der Waals surface area (Å²) in [4.78, 5) is 7.93. The van der Waals surface area contributed by atoms with Crippen LogP contribution in [0.25, 0.3) is 0 Å². The fourth-order valence-corrected chi connectivity index (χ4v) is 1.72. The summed E-state index contributed by atoms with van der Waals surface area (Å²) in [6.07, 6.45) is 1.41. The molecule has 0 saturated heterocycles. The maximum atomic E-state index is 13.6. The number of nitrogens with one attached hydrogen (secondary N) is 1. The summed E-state index contributed by atoms with van der Waals surface area (Å²) in [5.41, 5.74) is 5.68. The Labute approximate surface area is 121 Å². The van der Waals surface area contributed by atoms with Gasteiger partial charge >= 0.3 is 0 Å². The first-order valence-electron chi connectivity index (χ1n) is 5.02. The van der Waals surface area contributed by atoms with Gasteiger partial charge in [-0.2, -0.15) is 0 Å². The third kappa shape index (κ3) is 3.21. The van der Waals surface area contributed by atoms with Crippen LogP contribution in [0.3, 0.4) is 0 Å². The zero-order chi connectivity index (χ0) is 14.0. The van der Waals surface area contributed by atoms with Crippen LogP contribution in [-0.2, 0) is 0 Å². The molecule has 1 aromatic heterocycles. The van der Waals surface area contributed by atoms with Crippen LogP contribution < -0.4 is 11.1 Å². The lowest BCUT2D eigenvalue weighted by Crippen LogP contribution is -2.13. The first-order valence-corrected chi connectivity index (χ1v) is 6.22. The highest BCUT2D eigenvalue weighted by Crippen LogP contribution is 2.24. The van der Waals surface area contributed by atoms with E-state index in [2.05, 4.69) is 31.2 Å². The van der Waals surface area contributed by atoms with Gasteiger partial charge in [-0.3, -0.25) is 0 Å². The topological polar surface area (TPSA) is 63.8 Å². The molecule has 1 heterocycles. The Morgan fingerprint density at radius 3 is 2.74 bits per heavy atom. The molecule has 98 valence electrons. The number of anilines is 2. The van der Waals surface area contributed by atoms with Crippen molar-refractivity contribution in [2.45, 2.75) is 0 Å². The van der Waals surface area contributed by atoms with Gasteiger partial charge in [0.2, 0.25) is 5.95 Å². The molecule has 8 heteroatoms. The second-order valence-corrected chi connectivity index (χ2v) is 4.80. The molecule has 0 atom stereocenters. The Morgan fingerprint density at radius 1 is 1.32 bits per heavy atom. The lowest BCUT2D eigenvalue weighted by atomic mass is 10.3. The molecular weight excluding hydrogens is 338 g/mol. The summed E-state index contributed by atoms with van der Waals surface area (Å²) >= 11 is 7.66. The number of halogens is 3. The van der Waals surface area contributed by atoms with Crippen molar-refractivity contribution in [3.63, 3.8) is 0 Å². The molecule has 0 aliphatic carbocycles. The minimum Gasteiger partial charge on any atom is -0.388 e. The maximum Gasteiger partial charge on any atom is 0.227 e. The SMILES string of the molecule is NC(=S)c1ccnc(Nc2cc(F)c(Br)cc2F)n1. The molecule has 0 radical (unpaired) electrons. The van der Waals surface area contributed by atoms with Gasteiger partial charge < -0.3 is 11.1 Å². The fourth-order valence-electron chi connectivity index (χ4n) is 1.29. The van der Waals surface area contributed by atoms with Gasteiger partial charge in [0.15, 0.2) is 0 Å². The summed E-state index contributed by atoms with van der Waals surface area (Å²) in [5.74, 6) is -1.17. The van der Waals surface area contributed by atoms with E-state index in [0.717, 1.165) is 12.1 Å². The Balaban J connectivity index is 2.33. The van der Waals surface area contributed by atoms with Crippen molar-refractivity contribution >= 4 is 44.8 Å². The molecule has 0 bridgehead atoms. The van der Waals surface area contributed by atoms with Crippen LogP contribution in [0.2, 0.25) is 0 Å². The van der Waals surface area contributed by atoms with Gasteiger partial charge in [-0.05, 0) is 28.1 Å². The largest absolute Gasteiger partial charge is 0.388 e. The van der Waals surface area contributed by atoms with E-state index in [9.17, 15) is 8.78 Å². The van der Waals surface area contributed by atoms with Crippen LogP contribution in [0, 0.1) is 11.6 Å². The van der Waals surface area contributed by atoms with Gasteiger partial charge in [0, 0.05) is 12.3 Å². The quantitative estimate of drug-likeness (QED) is 0.662. The molecule has 0 aliphatic heterocycles. The molecule has 2 aromatic rings. The van der Waals surface area contributed by atoms with E-state index in [4.69, 9.17) is 18.0 Å². The number of thiocarbonyl (C=S) groups is 1. The number of hydrogen-bond donors (Lipinski definition) is 2. The Morgan fingerprint density at radius 2 is 2.05 bits per heavy atom. The minimum atomic E-state index is -0.641. The van der Waals surface area contributed by atoms with Crippen LogP contribution in [0.4, 0.5) is 20.4 Å². The highest BCUT2D eigenvalue weighted by Gasteiger charge is 2.10. The van der Waals surface area contributed by atoms with E-state index in [0.29, 0.717) is 5.69 Å². The predicted octanol–water partition coefficient (Wildman–Crippen LogP) is 2.90. The Kier molecular flexibility index (Phi) is 4.01. The molecule has 0 amide bonds. The molecule has 0 saturated carbocycles. The molecule has 4 nitrogen and oxygen atoms in total. The molecule has 2 rings (SSSR count). The first kappa shape index (κ1) is 13.8. The molecule has 3 N–H and O–H groups in total. The summed E-state index contributed by atoms with van der Waals surface area (Å²) < 4.78 is 27.0. The zero-order valence-corrected chi connectivity index (χ0v) is 11.7. The summed E-state index contributed by atoms with van der Waals surface area (Å²) in [5, 5.41) is 2.56. The van der Waals surface area contributed by atoms with Crippen molar-refractivity contribution in [1.82, 2.24) is 9.97 Å². The van der Waals surface area contributed by atoms with Crippen LogP contribution in [0.5, 0.6) is 0 Å². The highest BCUT2D eigenvalue weighted by atomic mass is 79.9. The van der Waals surface area contributed by atoms with E-state index >= 15 is 0 Å². The molecule has 1 aromatic carbocycles. The van der Waals surface area contributed by atoms with Crippen LogP contribution in [-0.4, -0.2) is 15.0 Å².